The van der Waals surface area contributed by atoms with Crippen LogP contribution in [0, 0.1) is 0 Å². The number of halogens is 1. The molecule has 0 heterocycles. The maximum atomic E-state index is 12.1. The van der Waals surface area contributed by atoms with Crippen LogP contribution in [0.4, 0.5) is 0 Å². The highest BCUT2D eigenvalue weighted by Crippen LogP contribution is 2.27. The lowest BCUT2D eigenvalue weighted by Gasteiger charge is -2.11. The molecule has 2 aromatic rings. The van der Waals surface area contributed by atoms with Gasteiger partial charge in [0.15, 0.2) is 0 Å². The number of methoxy groups -OCH3 is 1. The van der Waals surface area contributed by atoms with E-state index < -0.39 is 5.97 Å². The van der Waals surface area contributed by atoms with E-state index in [1.807, 2.05) is 36.4 Å². The minimum absolute atomic E-state index is 0.285. The fourth-order valence-corrected chi connectivity index (χ4v) is 2.56. The van der Waals surface area contributed by atoms with Crippen LogP contribution in [-0.4, -0.2) is 13.1 Å². The van der Waals surface area contributed by atoms with Crippen LogP contribution >= 0.6 is 15.9 Å². The SMILES string of the molecule is COc1ccc(Br)cc1/C=C/C(=O)Oc1ccccc1C(C)C. The normalized spacial score (nSPS) is 11.0. The smallest absolute Gasteiger partial charge is 0.336 e. The first-order valence-corrected chi connectivity index (χ1v) is 8.13. The van der Waals surface area contributed by atoms with E-state index in [4.69, 9.17) is 9.47 Å². The first kappa shape index (κ1) is 17.3. The van der Waals surface area contributed by atoms with Gasteiger partial charge < -0.3 is 9.47 Å². The van der Waals surface area contributed by atoms with Crippen LogP contribution < -0.4 is 9.47 Å². The zero-order valence-electron chi connectivity index (χ0n) is 13.4. The van der Waals surface area contributed by atoms with Gasteiger partial charge in [-0.05, 0) is 41.8 Å². The minimum atomic E-state index is -0.417. The maximum Gasteiger partial charge on any atom is 0.336 e. The second kappa shape index (κ2) is 7.97. The van der Waals surface area contributed by atoms with Crippen molar-refractivity contribution < 1.29 is 14.3 Å². The lowest BCUT2D eigenvalue weighted by Crippen LogP contribution is -2.06. The Bertz CT molecular complexity index is 720. The van der Waals surface area contributed by atoms with E-state index in [0.29, 0.717) is 11.5 Å². The van der Waals surface area contributed by atoms with Crippen molar-refractivity contribution in [2.24, 2.45) is 0 Å². The quantitative estimate of drug-likeness (QED) is 0.409. The molecule has 0 spiro atoms. The van der Waals surface area contributed by atoms with Crippen molar-refractivity contribution in [2.75, 3.05) is 7.11 Å². The third kappa shape index (κ3) is 4.70. The summed E-state index contributed by atoms with van der Waals surface area (Å²) in [5.74, 6) is 1.16. The van der Waals surface area contributed by atoms with Crippen LogP contribution in [0.15, 0.2) is 53.0 Å². The molecule has 3 nitrogen and oxygen atoms in total. The molecule has 2 rings (SSSR count). The molecule has 0 N–H and O–H groups in total. The molecule has 0 aliphatic rings. The average molecular weight is 375 g/mol. The summed E-state index contributed by atoms with van der Waals surface area (Å²) in [4.78, 5) is 12.1. The Morgan fingerprint density at radius 3 is 2.57 bits per heavy atom. The van der Waals surface area contributed by atoms with Crippen molar-refractivity contribution in [3.63, 3.8) is 0 Å². The average Bonchev–Trinajstić information content (AvgIpc) is 2.53. The third-order valence-corrected chi connectivity index (χ3v) is 3.84. The number of para-hydroxylation sites is 1. The summed E-state index contributed by atoms with van der Waals surface area (Å²) in [6.07, 6.45) is 3.09. The first-order valence-electron chi connectivity index (χ1n) is 7.33. The molecule has 0 aliphatic heterocycles. The van der Waals surface area contributed by atoms with Crippen molar-refractivity contribution in [1.82, 2.24) is 0 Å². The summed E-state index contributed by atoms with van der Waals surface area (Å²) < 4.78 is 11.6. The number of esters is 1. The van der Waals surface area contributed by atoms with E-state index in [1.54, 1.807) is 19.3 Å². The van der Waals surface area contributed by atoms with Crippen molar-refractivity contribution in [3.8, 4) is 11.5 Å². The Labute approximate surface area is 145 Å². The molecular formula is C19H19BrO3. The Morgan fingerprint density at radius 2 is 1.87 bits per heavy atom. The lowest BCUT2D eigenvalue weighted by molar-refractivity contribution is -0.128. The van der Waals surface area contributed by atoms with Gasteiger partial charge in [0.05, 0.1) is 7.11 Å². The summed E-state index contributed by atoms with van der Waals surface area (Å²) in [6.45, 7) is 4.13. The molecule has 0 saturated heterocycles. The summed E-state index contributed by atoms with van der Waals surface area (Å²) in [7, 11) is 1.60. The molecule has 4 heteroatoms. The molecule has 0 fully saturated rings. The molecular weight excluding hydrogens is 356 g/mol. The van der Waals surface area contributed by atoms with Gasteiger partial charge >= 0.3 is 5.97 Å². The molecule has 0 atom stereocenters. The van der Waals surface area contributed by atoms with Gasteiger partial charge in [-0.1, -0.05) is 48.0 Å². The Morgan fingerprint density at radius 1 is 1.13 bits per heavy atom. The third-order valence-electron chi connectivity index (χ3n) is 3.34. The van der Waals surface area contributed by atoms with Crippen LogP contribution in [0.25, 0.3) is 6.08 Å². The summed E-state index contributed by atoms with van der Waals surface area (Å²) >= 11 is 3.41. The van der Waals surface area contributed by atoms with E-state index in [1.165, 1.54) is 6.08 Å². The van der Waals surface area contributed by atoms with E-state index in [2.05, 4.69) is 29.8 Å². The zero-order chi connectivity index (χ0) is 16.8. The number of hydrogen-bond acceptors (Lipinski definition) is 3. The number of carbonyl (C=O) groups is 1. The molecule has 0 saturated carbocycles. The molecule has 2 aromatic carbocycles. The van der Waals surface area contributed by atoms with Gasteiger partial charge in [0.1, 0.15) is 11.5 Å². The number of hydrogen-bond donors (Lipinski definition) is 0. The molecule has 120 valence electrons. The van der Waals surface area contributed by atoms with Crippen LogP contribution in [-0.2, 0) is 4.79 Å². The van der Waals surface area contributed by atoms with Crippen molar-refractivity contribution in [3.05, 3.63) is 64.1 Å². The summed E-state index contributed by atoms with van der Waals surface area (Å²) in [5.41, 5.74) is 1.81. The van der Waals surface area contributed by atoms with Gasteiger partial charge in [-0.15, -0.1) is 0 Å². The second-order valence-electron chi connectivity index (χ2n) is 5.33. The van der Waals surface area contributed by atoms with Crippen molar-refractivity contribution >= 4 is 28.0 Å². The van der Waals surface area contributed by atoms with Crippen LogP contribution in [0.3, 0.4) is 0 Å². The Kier molecular flexibility index (Phi) is 5.99. The summed E-state index contributed by atoms with van der Waals surface area (Å²) in [6, 6.07) is 13.2. The van der Waals surface area contributed by atoms with Crippen LogP contribution in [0.5, 0.6) is 11.5 Å². The highest BCUT2D eigenvalue weighted by Gasteiger charge is 2.09. The highest BCUT2D eigenvalue weighted by atomic mass is 79.9. The Hall–Kier alpha value is -2.07. The van der Waals surface area contributed by atoms with Gasteiger partial charge in [0.2, 0.25) is 0 Å². The largest absolute Gasteiger partial charge is 0.496 e. The lowest BCUT2D eigenvalue weighted by atomic mass is 10.0. The fourth-order valence-electron chi connectivity index (χ4n) is 2.19. The fraction of sp³-hybridized carbons (Fsp3) is 0.211. The minimum Gasteiger partial charge on any atom is -0.496 e. The number of benzene rings is 2. The molecule has 0 aromatic heterocycles. The summed E-state index contributed by atoms with van der Waals surface area (Å²) in [5, 5.41) is 0. The van der Waals surface area contributed by atoms with Crippen LogP contribution in [0.1, 0.15) is 30.9 Å². The van der Waals surface area contributed by atoms with Gasteiger partial charge in [-0.3, -0.25) is 0 Å². The molecule has 0 amide bonds. The van der Waals surface area contributed by atoms with E-state index >= 15 is 0 Å². The molecule has 0 aliphatic carbocycles. The second-order valence-corrected chi connectivity index (χ2v) is 6.25. The van der Waals surface area contributed by atoms with Gasteiger partial charge in [-0.25, -0.2) is 4.79 Å². The van der Waals surface area contributed by atoms with E-state index in [0.717, 1.165) is 15.6 Å². The zero-order valence-corrected chi connectivity index (χ0v) is 15.0. The molecule has 0 radical (unpaired) electrons. The molecule has 23 heavy (non-hydrogen) atoms. The predicted octanol–water partition coefficient (Wildman–Crippen LogP) is 5.20. The van der Waals surface area contributed by atoms with Crippen molar-refractivity contribution in [2.45, 2.75) is 19.8 Å². The highest BCUT2D eigenvalue weighted by molar-refractivity contribution is 9.10. The topological polar surface area (TPSA) is 35.5 Å². The number of rotatable bonds is 5. The standard InChI is InChI=1S/C19H19BrO3/c1-13(2)16-6-4-5-7-18(16)23-19(21)11-8-14-12-15(20)9-10-17(14)22-3/h4-13H,1-3H3/b11-8+. The van der Waals surface area contributed by atoms with E-state index in [-0.39, 0.29) is 5.92 Å². The number of carbonyl (C=O) groups excluding carboxylic acids is 1. The van der Waals surface area contributed by atoms with Gasteiger partial charge in [-0.2, -0.15) is 0 Å². The maximum absolute atomic E-state index is 12.1. The van der Waals surface area contributed by atoms with Gasteiger partial charge in [0.25, 0.3) is 0 Å². The van der Waals surface area contributed by atoms with Gasteiger partial charge in [0, 0.05) is 16.1 Å². The molecule has 0 bridgehead atoms. The Balaban J connectivity index is 2.16. The molecule has 0 unspecified atom stereocenters. The monoisotopic (exact) mass is 374 g/mol. The number of ether oxygens (including phenoxy) is 2. The van der Waals surface area contributed by atoms with Crippen LogP contribution in [0.2, 0.25) is 0 Å². The van der Waals surface area contributed by atoms with E-state index in [9.17, 15) is 4.79 Å². The van der Waals surface area contributed by atoms with Crippen molar-refractivity contribution in [1.29, 1.82) is 0 Å². The first-order chi connectivity index (χ1) is 11.0. The predicted molar refractivity (Wildman–Crippen MR) is 95.9 cm³/mol.